The zero-order valence-electron chi connectivity index (χ0n) is 9.10. The quantitative estimate of drug-likeness (QED) is 0.760. The van der Waals surface area contributed by atoms with Crippen LogP contribution < -0.4 is 4.74 Å². The number of rotatable bonds is 3. The van der Waals surface area contributed by atoms with Crippen LogP contribution in [0.2, 0.25) is 0 Å². The Morgan fingerprint density at radius 1 is 1.27 bits per heavy atom. The van der Waals surface area contributed by atoms with Crippen LogP contribution in [0.4, 0.5) is 0 Å². The molecule has 2 aromatic rings. The Morgan fingerprint density at radius 3 is 2.93 bits per heavy atom. The van der Waals surface area contributed by atoms with Crippen LogP contribution in [0.15, 0.2) is 36.5 Å². The van der Waals surface area contributed by atoms with E-state index in [0.29, 0.717) is 5.92 Å². The van der Waals surface area contributed by atoms with E-state index in [1.807, 2.05) is 24.3 Å². The van der Waals surface area contributed by atoms with Crippen LogP contribution in [0, 0.1) is 5.92 Å². The third-order valence-electron chi connectivity index (χ3n) is 2.16. The van der Waals surface area contributed by atoms with Crippen molar-refractivity contribution in [2.75, 3.05) is 6.61 Å². The summed E-state index contributed by atoms with van der Waals surface area (Å²) in [5, 5.41) is 1.15. The third-order valence-corrected chi connectivity index (χ3v) is 2.16. The number of benzene rings is 1. The van der Waals surface area contributed by atoms with Gasteiger partial charge in [-0.15, -0.1) is 0 Å². The van der Waals surface area contributed by atoms with E-state index >= 15 is 0 Å². The third kappa shape index (κ3) is 2.46. The SMILES string of the molecule is CC(C)COc1ccc2cccnc2c1. The van der Waals surface area contributed by atoms with Gasteiger partial charge in [-0.25, -0.2) is 0 Å². The van der Waals surface area contributed by atoms with Crippen molar-refractivity contribution in [1.82, 2.24) is 4.98 Å². The molecular weight excluding hydrogens is 186 g/mol. The van der Waals surface area contributed by atoms with Crippen LogP contribution in [0.25, 0.3) is 10.9 Å². The first-order chi connectivity index (χ1) is 7.25. The highest BCUT2D eigenvalue weighted by Gasteiger charge is 1.99. The highest BCUT2D eigenvalue weighted by Crippen LogP contribution is 2.19. The fourth-order valence-electron chi connectivity index (χ4n) is 1.40. The van der Waals surface area contributed by atoms with Gasteiger partial charge in [0.1, 0.15) is 5.75 Å². The number of ether oxygens (including phenoxy) is 1. The van der Waals surface area contributed by atoms with Crippen LogP contribution in [-0.2, 0) is 0 Å². The molecule has 0 radical (unpaired) electrons. The van der Waals surface area contributed by atoms with E-state index in [0.717, 1.165) is 23.3 Å². The molecule has 1 aromatic carbocycles. The van der Waals surface area contributed by atoms with Crippen molar-refractivity contribution in [3.8, 4) is 5.75 Å². The number of hydrogen-bond donors (Lipinski definition) is 0. The smallest absolute Gasteiger partial charge is 0.121 e. The summed E-state index contributed by atoms with van der Waals surface area (Å²) in [6.07, 6.45) is 1.80. The molecule has 0 aliphatic rings. The van der Waals surface area contributed by atoms with E-state index in [2.05, 4.69) is 24.9 Å². The lowest BCUT2D eigenvalue weighted by Crippen LogP contribution is -2.04. The summed E-state index contributed by atoms with van der Waals surface area (Å²) < 4.78 is 5.64. The predicted octanol–water partition coefficient (Wildman–Crippen LogP) is 3.27. The minimum absolute atomic E-state index is 0.546. The highest BCUT2D eigenvalue weighted by atomic mass is 16.5. The molecule has 0 atom stereocenters. The Balaban J connectivity index is 2.23. The van der Waals surface area contributed by atoms with Crippen LogP contribution in [0.3, 0.4) is 0 Å². The normalized spacial score (nSPS) is 10.9. The maximum absolute atomic E-state index is 5.64. The lowest BCUT2D eigenvalue weighted by molar-refractivity contribution is 0.271. The summed E-state index contributed by atoms with van der Waals surface area (Å²) in [6, 6.07) is 10.0. The molecule has 1 aromatic heterocycles. The van der Waals surface area contributed by atoms with E-state index in [1.54, 1.807) is 6.20 Å². The second kappa shape index (κ2) is 4.30. The summed E-state index contributed by atoms with van der Waals surface area (Å²) in [4.78, 5) is 4.29. The van der Waals surface area contributed by atoms with Gasteiger partial charge in [-0.2, -0.15) is 0 Å². The number of nitrogens with zero attached hydrogens (tertiary/aromatic N) is 1. The summed E-state index contributed by atoms with van der Waals surface area (Å²) in [5.74, 6) is 1.44. The second-order valence-corrected chi connectivity index (χ2v) is 4.06. The first kappa shape index (κ1) is 9.97. The molecule has 0 amide bonds. The minimum atomic E-state index is 0.546. The highest BCUT2D eigenvalue weighted by molar-refractivity contribution is 5.79. The van der Waals surface area contributed by atoms with Gasteiger partial charge in [0.15, 0.2) is 0 Å². The lowest BCUT2D eigenvalue weighted by atomic mass is 10.2. The molecule has 78 valence electrons. The first-order valence-electron chi connectivity index (χ1n) is 5.23. The Bertz CT molecular complexity index is 451. The fraction of sp³-hybridized carbons (Fsp3) is 0.308. The van der Waals surface area contributed by atoms with Crippen molar-refractivity contribution in [1.29, 1.82) is 0 Å². The van der Waals surface area contributed by atoms with Crippen molar-refractivity contribution >= 4 is 10.9 Å². The van der Waals surface area contributed by atoms with Crippen LogP contribution >= 0.6 is 0 Å². The van der Waals surface area contributed by atoms with Gasteiger partial charge in [-0.3, -0.25) is 4.98 Å². The standard InChI is InChI=1S/C13H15NO/c1-10(2)9-15-12-6-5-11-4-3-7-14-13(11)8-12/h3-8,10H,9H2,1-2H3. The van der Waals surface area contributed by atoms with Crippen molar-refractivity contribution in [2.45, 2.75) is 13.8 Å². The van der Waals surface area contributed by atoms with Crippen molar-refractivity contribution in [2.24, 2.45) is 5.92 Å². The molecule has 1 heterocycles. The molecule has 0 N–H and O–H groups in total. The van der Waals surface area contributed by atoms with E-state index in [4.69, 9.17) is 4.74 Å². The Kier molecular flexibility index (Phi) is 2.86. The van der Waals surface area contributed by atoms with Crippen molar-refractivity contribution in [3.63, 3.8) is 0 Å². The van der Waals surface area contributed by atoms with Gasteiger partial charge in [-0.1, -0.05) is 19.9 Å². The molecule has 15 heavy (non-hydrogen) atoms. The molecule has 0 aliphatic heterocycles. The average molecular weight is 201 g/mol. The summed E-state index contributed by atoms with van der Waals surface area (Å²) in [5.41, 5.74) is 0.985. The van der Waals surface area contributed by atoms with Gasteiger partial charge in [0.05, 0.1) is 12.1 Å². The number of hydrogen-bond acceptors (Lipinski definition) is 2. The molecule has 0 aliphatic carbocycles. The molecule has 0 bridgehead atoms. The van der Waals surface area contributed by atoms with Crippen LogP contribution in [-0.4, -0.2) is 11.6 Å². The predicted molar refractivity (Wildman–Crippen MR) is 62.1 cm³/mol. The van der Waals surface area contributed by atoms with E-state index < -0.39 is 0 Å². The first-order valence-corrected chi connectivity index (χ1v) is 5.23. The van der Waals surface area contributed by atoms with Crippen LogP contribution in [0.5, 0.6) is 5.75 Å². The summed E-state index contributed by atoms with van der Waals surface area (Å²) >= 11 is 0. The monoisotopic (exact) mass is 201 g/mol. The molecule has 0 spiro atoms. The summed E-state index contributed by atoms with van der Waals surface area (Å²) in [6.45, 7) is 5.02. The second-order valence-electron chi connectivity index (χ2n) is 4.06. The number of aromatic nitrogens is 1. The molecule has 0 fully saturated rings. The van der Waals surface area contributed by atoms with Gasteiger partial charge < -0.3 is 4.74 Å². The maximum atomic E-state index is 5.64. The van der Waals surface area contributed by atoms with Gasteiger partial charge >= 0.3 is 0 Å². The van der Waals surface area contributed by atoms with E-state index in [-0.39, 0.29) is 0 Å². The Hall–Kier alpha value is -1.57. The fourth-order valence-corrected chi connectivity index (χ4v) is 1.40. The topological polar surface area (TPSA) is 22.1 Å². The number of fused-ring (bicyclic) bond motifs is 1. The zero-order valence-corrected chi connectivity index (χ0v) is 9.10. The minimum Gasteiger partial charge on any atom is -0.493 e. The maximum Gasteiger partial charge on any atom is 0.121 e. The molecule has 0 unspecified atom stereocenters. The molecule has 0 saturated carbocycles. The molecule has 2 rings (SSSR count). The average Bonchev–Trinajstić information content (AvgIpc) is 2.26. The van der Waals surface area contributed by atoms with Gasteiger partial charge in [0.2, 0.25) is 0 Å². The largest absolute Gasteiger partial charge is 0.493 e. The Labute approximate surface area is 89.9 Å². The molecular formula is C13H15NO. The van der Waals surface area contributed by atoms with Crippen LogP contribution in [0.1, 0.15) is 13.8 Å². The van der Waals surface area contributed by atoms with E-state index in [1.165, 1.54) is 0 Å². The molecule has 2 heteroatoms. The molecule has 0 saturated heterocycles. The van der Waals surface area contributed by atoms with Gasteiger partial charge in [-0.05, 0) is 24.1 Å². The lowest BCUT2D eigenvalue weighted by Gasteiger charge is -2.08. The Morgan fingerprint density at radius 2 is 2.13 bits per heavy atom. The molecule has 2 nitrogen and oxygen atoms in total. The van der Waals surface area contributed by atoms with Gasteiger partial charge in [0, 0.05) is 17.6 Å². The summed E-state index contributed by atoms with van der Waals surface area (Å²) in [7, 11) is 0. The van der Waals surface area contributed by atoms with E-state index in [9.17, 15) is 0 Å². The van der Waals surface area contributed by atoms with Crippen molar-refractivity contribution in [3.05, 3.63) is 36.5 Å². The number of pyridine rings is 1. The zero-order chi connectivity index (χ0) is 10.7. The van der Waals surface area contributed by atoms with Gasteiger partial charge in [0.25, 0.3) is 0 Å². The van der Waals surface area contributed by atoms with Crippen molar-refractivity contribution < 1.29 is 4.74 Å².